The molecule has 0 aromatic heterocycles. The number of carbonyl (C=O) groups is 3. The van der Waals surface area contributed by atoms with Gasteiger partial charge in [-0.1, -0.05) is 53.5 Å². The first-order chi connectivity index (χ1) is 21.7. The number of benzene rings is 3. The number of hydrogen-bond acceptors (Lipinski definition) is 4. The van der Waals surface area contributed by atoms with Crippen LogP contribution in [0.1, 0.15) is 60.8 Å². The minimum Gasteiger partial charge on any atom is -0.489 e. The highest BCUT2D eigenvalue weighted by Gasteiger charge is 2.51. The van der Waals surface area contributed by atoms with Crippen LogP contribution in [0.3, 0.4) is 0 Å². The minimum absolute atomic E-state index is 0.117. The first kappa shape index (κ1) is 29.8. The minimum atomic E-state index is -0.747. The van der Waals surface area contributed by atoms with E-state index in [9.17, 15) is 14.4 Å². The van der Waals surface area contributed by atoms with E-state index in [0.29, 0.717) is 33.5 Å². The molecule has 0 unspecified atom stereocenters. The zero-order chi connectivity index (χ0) is 31.3. The summed E-state index contributed by atoms with van der Waals surface area (Å²) in [6.45, 7) is 4.13. The van der Waals surface area contributed by atoms with Crippen LogP contribution in [-0.2, 0) is 28.0 Å². The molecule has 3 aromatic rings. The number of barbiturate groups is 1. The molecule has 8 heteroatoms. The molecular weight excluding hydrogens is 607 g/mol. The summed E-state index contributed by atoms with van der Waals surface area (Å²) in [5, 5.41) is 3.27. The first-order valence-corrected chi connectivity index (χ1v) is 16.3. The molecule has 1 N–H and O–H groups in total. The SMILES string of the molecule is C=CCc1cc(/C=C2\C(=O)NC(=O)N(c3ccc(C45CC6CC(CC(C6)C4)C5)cc3)C2=O)ccc1OCc1ccc(Cl)c(Cl)c1. The van der Waals surface area contributed by atoms with Crippen molar-refractivity contribution < 1.29 is 19.1 Å². The van der Waals surface area contributed by atoms with Crippen molar-refractivity contribution in [3.05, 3.63) is 111 Å². The Morgan fingerprint density at radius 3 is 2.22 bits per heavy atom. The van der Waals surface area contributed by atoms with E-state index in [1.54, 1.807) is 30.3 Å². The summed E-state index contributed by atoms with van der Waals surface area (Å²) >= 11 is 12.2. The van der Waals surface area contributed by atoms with E-state index in [4.69, 9.17) is 27.9 Å². The molecule has 4 bridgehead atoms. The second kappa shape index (κ2) is 11.8. The van der Waals surface area contributed by atoms with Crippen molar-refractivity contribution in [2.45, 2.75) is 57.0 Å². The summed E-state index contributed by atoms with van der Waals surface area (Å²) in [7, 11) is 0. The van der Waals surface area contributed by atoms with Crippen molar-refractivity contribution in [2.75, 3.05) is 4.90 Å². The summed E-state index contributed by atoms with van der Waals surface area (Å²) in [6.07, 6.45) is 11.6. The van der Waals surface area contributed by atoms with Crippen LogP contribution in [0.5, 0.6) is 5.75 Å². The Morgan fingerprint density at radius 2 is 1.58 bits per heavy atom. The van der Waals surface area contributed by atoms with E-state index in [1.165, 1.54) is 50.2 Å². The Bertz CT molecular complexity index is 1710. The summed E-state index contributed by atoms with van der Waals surface area (Å²) in [4.78, 5) is 40.5. The number of carbonyl (C=O) groups excluding carboxylic acids is 3. The zero-order valence-corrected chi connectivity index (χ0v) is 26.4. The van der Waals surface area contributed by atoms with Gasteiger partial charge in [0.2, 0.25) is 0 Å². The molecule has 5 aliphatic rings. The fourth-order valence-electron chi connectivity index (χ4n) is 8.42. The molecule has 45 heavy (non-hydrogen) atoms. The molecule has 4 saturated carbocycles. The molecule has 4 aliphatic carbocycles. The monoisotopic (exact) mass is 640 g/mol. The first-order valence-electron chi connectivity index (χ1n) is 15.5. The van der Waals surface area contributed by atoms with Crippen LogP contribution in [0.4, 0.5) is 10.5 Å². The number of hydrogen-bond donors (Lipinski definition) is 1. The smallest absolute Gasteiger partial charge is 0.335 e. The highest BCUT2D eigenvalue weighted by atomic mass is 35.5. The maximum absolute atomic E-state index is 13.7. The molecule has 8 rings (SSSR count). The van der Waals surface area contributed by atoms with Gasteiger partial charge in [-0.3, -0.25) is 14.9 Å². The fourth-order valence-corrected chi connectivity index (χ4v) is 8.74. The lowest BCUT2D eigenvalue weighted by molar-refractivity contribution is -0.122. The Kier molecular flexibility index (Phi) is 7.83. The second-order valence-electron chi connectivity index (χ2n) is 13.1. The van der Waals surface area contributed by atoms with Crippen LogP contribution in [0, 0.1) is 17.8 Å². The van der Waals surface area contributed by atoms with Crippen LogP contribution in [0.2, 0.25) is 10.0 Å². The summed E-state index contributed by atoms with van der Waals surface area (Å²) in [6, 6.07) is 17.9. The van der Waals surface area contributed by atoms with Crippen LogP contribution in [-0.4, -0.2) is 17.8 Å². The largest absolute Gasteiger partial charge is 0.489 e. The maximum atomic E-state index is 13.7. The number of imide groups is 2. The number of nitrogens with one attached hydrogen (secondary N) is 1. The lowest BCUT2D eigenvalue weighted by Crippen LogP contribution is -2.54. The molecule has 0 spiro atoms. The van der Waals surface area contributed by atoms with Crippen molar-refractivity contribution >= 4 is 52.8 Å². The third kappa shape index (κ3) is 5.70. The van der Waals surface area contributed by atoms with E-state index in [1.807, 2.05) is 24.3 Å². The summed E-state index contributed by atoms with van der Waals surface area (Å²) < 4.78 is 6.06. The van der Waals surface area contributed by atoms with E-state index in [-0.39, 0.29) is 17.6 Å². The van der Waals surface area contributed by atoms with Gasteiger partial charge in [-0.25, -0.2) is 9.69 Å². The number of allylic oxidation sites excluding steroid dienone is 1. The number of ether oxygens (including phenoxy) is 1. The van der Waals surface area contributed by atoms with Crippen molar-refractivity contribution in [3.63, 3.8) is 0 Å². The molecule has 230 valence electrons. The van der Waals surface area contributed by atoms with Gasteiger partial charge in [0.15, 0.2) is 0 Å². The zero-order valence-electron chi connectivity index (χ0n) is 24.9. The highest BCUT2D eigenvalue weighted by molar-refractivity contribution is 6.42. The number of anilines is 1. The summed E-state index contributed by atoms with van der Waals surface area (Å²) in [5.41, 5.74) is 4.16. The summed E-state index contributed by atoms with van der Waals surface area (Å²) in [5.74, 6) is 1.71. The number of nitrogens with zero attached hydrogens (tertiary/aromatic N) is 1. The van der Waals surface area contributed by atoms with Crippen LogP contribution >= 0.6 is 23.2 Å². The lowest BCUT2D eigenvalue weighted by atomic mass is 9.48. The van der Waals surface area contributed by atoms with Crippen LogP contribution < -0.4 is 15.0 Å². The van der Waals surface area contributed by atoms with Gasteiger partial charge in [0, 0.05) is 0 Å². The van der Waals surface area contributed by atoms with Crippen LogP contribution in [0.25, 0.3) is 6.08 Å². The quantitative estimate of drug-likeness (QED) is 0.152. The van der Waals surface area contributed by atoms with Crippen LogP contribution in [0.15, 0.2) is 78.9 Å². The Balaban J connectivity index is 1.11. The van der Waals surface area contributed by atoms with Crippen molar-refractivity contribution in [2.24, 2.45) is 17.8 Å². The topological polar surface area (TPSA) is 75.7 Å². The van der Waals surface area contributed by atoms with Gasteiger partial charge in [-0.05, 0) is 133 Å². The average Bonchev–Trinajstić information content (AvgIpc) is 3.00. The van der Waals surface area contributed by atoms with Crippen molar-refractivity contribution in [1.29, 1.82) is 0 Å². The molecule has 1 heterocycles. The molecule has 0 radical (unpaired) electrons. The Labute approximate surface area is 273 Å². The second-order valence-corrected chi connectivity index (χ2v) is 13.9. The normalized spacial score (nSPS) is 26.4. The van der Waals surface area contributed by atoms with Gasteiger partial charge >= 0.3 is 6.03 Å². The molecule has 3 aromatic carbocycles. The van der Waals surface area contributed by atoms with Gasteiger partial charge in [0.1, 0.15) is 17.9 Å². The van der Waals surface area contributed by atoms with Gasteiger partial charge in [0.05, 0.1) is 15.7 Å². The number of amides is 4. The molecule has 0 atom stereocenters. The molecule has 4 amide bonds. The number of halogens is 2. The third-order valence-corrected chi connectivity index (χ3v) is 10.8. The molecular formula is C37H34Cl2N2O4. The predicted octanol–water partition coefficient (Wildman–Crippen LogP) is 8.44. The maximum Gasteiger partial charge on any atom is 0.335 e. The number of urea groups is 1. The van der Waals surface area contributed by atoms with Gasteiger partial charge < -0.3 is 4.74 Å². The molecule has 6 nitrogen and oxygen atoms in total. The van der Waals surface area contributed by atoms with E-state index >= 15 is 0 Å². The fraction of sp³-hybridized carbons (Fsp3) is 0.324. The van der Waals surface area contributed by atoms with Crippen molar-refractivity contribution in [1.82, 2.24) is 5.32 Å². The molecule has 1 saturated heterocycles. The highest BCUT2D eigenvalue weighted by Crippen LogP contribution is 2.60. The Morgan fingerprint density at radius 1 is 0.889 bits per heavy atom. The molecule has 5 fully saturated rings. The third-order valence-electron chi connectivity index (χ3n) is 10.0. The average molecular weight is 642 g/mol. The Hall–Kier alpha value is -3.87. The van der Waals surface area contributed by atoms with E-state index in [2.05, 4.69) is 24.0 Å². The van der Waals surface area contributed by atoms with Gasteiger partial charge in [0.25, 0.3) is 11.8 Å². The van der Waals surface area contributed by atoms with E-state index in [0.717, 1.165) is 33.8 Å². The molecule has 1 aliphatic heterocycles. The predicted molar refractivity (Wildman–Crippen MR) is 176 cm³/mol. The van der Waals surface area contributed by atoms with E-state index < -0.39 is 17.8 Å². The van der Waals surface area contributed by atoms with Gasteiger partial charge in [-0.15, -0.1) is 6.58 Å². The lowest BCUT2D eigenvalue weighted by Gasteiger charge is -2.57. The van der Waals surface area contributed by atoms with Gasteiger partial charge in [-0.2, -0.15) is 0 Å². The number of rotatable bonds is 8. The van der Waals surface area contributed by atoms with Crippen molar-refractivity contribution in [3.8, 4) is 5.75 Å². The standard InChI is InChI=1S/C37H34Cl2N2O4/c1-2-3-27-15-22(5-11-33(27)45-21-23-4-10-31(38)32(39)17-23)16-30-34(42)40-36(44)41(35(30)43)29-8-6-28(7-9-29)37-18-24-12-25(19-37)14-26(13-24)20-37/h2,4-11,15-17,24-26H,1,3,12-14,18-21H2,(H,40,42,44)/b30-16+.